The van der Waals surface area contributed by atoms with Crippen LogP contribution in [0.1, 0.15) is 51.5 Å². The van der Waals surface area contributed by atoms with E-state index in [-0.39, 0.29) is 17.7 Å². The molecule has 1 aliphatic carbocycles. The van der Waals surface area contributed by atoms with Crippen molar-refractivity contribution >= 4 is 23.7 Å². The quantitative estimate of drug-likeness (QED) is 0.606. The van der Waals surface area contributed by atoms with Gasteiger partial charge in [0.25, 0.3) is 5.91 Å². The third-order valence-corrected chi connectivity index (χ3v) is 6.09. The second kappa shape index (κ2) is 10.6. The number of rotatable bonds is 7. The van der Waals surface area contributed by atoms with Gasteiger partial charge in [0.15, 0.2) is 6.23 Å². The van der Waals surface area contributed by atoms with E-state index in [1.165, 1.54) is 4.90 Å². The Balaban J connectivity index is 1.89. The maximum absolute atomic E-state index is 13.8. The molecule has 2 aliphatic rings. The van der Waals surface area contributed by atoms with Crippen molar-refractivity contribution in [3.63, 3.8) is 0 Å². The van der Waals surface area contributed by atoms with Crippen LogP contribution in [0, 0.1) is 5.92 Å². The topological polar surface area (TPSA) is 113 Å². The van der Waals surface area contributed by atoms with Crippen LogP contribution in [0.3, 0.4) is 0 Å². The van der Waals surface area contributed by atoms with Gasteiger partial charge < -0.3 is 20.7 Å². The Bertz CT molecular complexity index is 796. The average Bonchev–Trinajstić information content (AvgIpc) is 3.14. The van der Waals surface area contributed by atoms with Crippen molar-refractivity contribution < 1.29 is 19.1 Å². The highest BCUT2D eigenvalue weighted by atomic mass is 16.6. The van der Waals surface area contributed by atoms with E-state index < -0.39 is 24.4 Å². The van der Waals surface area contributed by atoms with E-state index in [1.807, 2.05) is 6.07 Å². The van der Waals surface area contributed by atoms with Gasteiger partial charge in [-0.3, -0.25) is 14.5 Å². The average molecular weight is 432 g/mol. The SMILES string of the molecule is CCNC(=O)O[C@@H]1Cc2cccnc2N1C(=O)[C@@H](NC(=O)[C@H](C)NC)C1CCCCC1. The number of pyridine rings is 1. The number of hydrogen-bond acceptors (Lipinski definition) is 6. The molecule has 0 aromatic carbocycles. The molecule has 0 spiro atoms. The molecule has 9 heteroatoms. The molecule has 3 rings (SSSR count). The van der Waals surface area contributed by atoms with Gasteiger partial charge in [0.1, 0.15) is 11.9 Å². The smallest absolute Gasteiger partial charge is 0.409 e. The summed E-state index contributed by atoms with van der Waals surface area (Å²) in [7, 11) is 1.71. The number of amides is 3. The second-order valence-corrected chi connectivity index (χ2v) is 8.18. The van der Waals surface area contributed by atoms with Crippen molar-refractivity contribution in [2.24, 2.45) is 5.92 Å². The molecule has 1 saturated carbocycles. The van der Waals surface area contributed by atoms with Gasteiger partial charge in [0.05, 0.1) is 6.04 Å². The van der Waals surface area contributed by atoms with Crippen molar-refractivity contribution in [2.45, 2.75) is 70.7 Å². The molecule has 0 saturated heterocycles. The summed E-state index contributed by atoms with van der Waals surface area (Å²) in [6.07, 6.45) is 5.53. The molecule has 0 unspecified atom stereocenters. The fourth-order valence-corrected chi connectivity index (χ4v) is 4.28. The Morgan fingerprint density at radius 2 is 2.00 bits per heavy atom. The number of nitrogens with one attached hydrogen (secondary N) is 3. The fraction of sp³-hybridized carbons (Fsp3) is 0.636. The molecule has 3 amide bonds. The summed E-state index contributed by atoms with van der Waals surface area (Å²) in [6, 6.07) is 2.55. The lowest BCUT2D eigenvalue weighted by Crippen LogP contribution is -2.57. The summed E-state index contributed by atoms with van der Waals surface area (Å²) in [6.45, 7) is 3.98. The number of anilines is 1. The van der Waals surface area contributed by atoms with E-state index in [4.69, 9.17) is 4.74 Å². The molecule has 1 aliphatic heterocycles. The van der Waals surface area contributed by atoms with Crippen LogP contribution in [-0.4, -0.2) is 54.8 Å². The largest absolute Gasteiger partial charge is 0.425 e. The summed E-state index contributed by atoms with van der Waals surface area (Å²) < 4.78 is 5.57. The van der Waals surface area contributed by atoms with Crippen LogP contribution >= 0.6 is 0 Å². The molecule has 2 heterocycles. The van der Waals surface area contributed by atoms with Crippen LogP contribution < -0.4 is 20.9 Å². The predicted molar refractivity (Wildman–Crippen MR) is 116 cm³/mol. The van der Waals surface area contributed by atoms with E-state index in [9.17, 15) is 14.4 Å². The van der Waals surface area contributed by atoms with Crippen LogP contribution in [0.15, 0.2) is 18.3 Å². The first kappa shape index (κ1) is 23.0. The Morgan fingerprint density at radius 3 is 2.68 bits per heavy atom. The molecule has 1 fully saturated rings. The van der Waals surface area contributed by atoms with Crippen LogP contribution in [0.5, 0.6) is 0 Å². The maximum atomic E-state index is 13.8. The van der Waals surface area contributed by atoms with Gasteiger partial charge >= 0.3 is 6.09 Å². The van der Waals surface area contributed by atoms with E-state index in [0.29, 0.717) is 18.8 Å². The van der Waals surface area contributed by atoms with E-state index in [1.54, 1.807) is 33.2 Å². The lowest BCUT2D eigenvalue weighted by Gasteiger charge is -2.34. The molecular formula is C22H33N5O4. The summed E-state index contributed by atoms with van der Waals surface area (Å²) in [5.41, 5.74) is 0.836. The van der Waals surface area contributed by atoms with Gasteiger partial charge in [-0.05, 0) is 45.7 Å². The summed E-state index contributed by atoms with van der Waals surface area (Å²) in [5.74, 6) is 0.00835. The van der Waals surface area contributed by atoms with Gasteiger partial charge in [0, 0.05) is 24.7 Å². The highest BCUT2D eigenvalue weighted by Gasteiger charge is 2.43. The third kappa shape index (κ3) is 5.33. The van der Waals surface area contributed by atoms with Crippen LogP contribution in [0.25, 0.3) is 0 Å². The predicted octanol–water partition coefficient (Wildman–Crippen LogP) is 1.72. The normalized spacial score (nSPS) is 20.5. The zero-order chi connectivity index (χ0) is 22.4. The maximum Gasteiger partial charge on any atom is 0.409 e. The molecule has 31 heavy (non-hydrogen) atoms. The van der Waals surface area contributed by atoms with Gasteiger partial charge in [-0.15, -0.1) is 0 Å². The number of carbonyl (C=O) groups is 3. The Labute approximate surface area is 183 Å². The van der Waals surface area contributed by atoms with Gasteiger partial charge in [0.2, 0.25) is 5.91 Å². The second-order valence-electron chi connectivity index (χ2n) is 8.18. The molecule has 0 bridgehead atoms. The van der Waals surface area contributed by atoms with Gasteiger partial charge in [-0.25, -0.2) is 9.78 Å². The molecule has 1 aromatic rings. The number of carbonyl (C=O) groups excluding carboxylic acids is 3. The molecular weight excluding hydrogens is 398 g/mol. The highest BCUT2D eigenvalue weighted by molar-refractivity contribution is 6.01. The summed E-state index contributed by atoms with van der Waals surface area (Å²) in [5, 5.41) is 8.49. The minimum atomic E-state index is -0.798. The number of aromatic nitrogens is 1. The van der Waals surface area contributed by atoms with E-state index in [0.717, 1.165) is 37.7 Å². The molecule has 170 valence electrons. The number of hydrogen-bond donors (Lipinski definition) is 3. The molecule has 0 radical (unpaired) electrons. The Kier molecular flexibility index (Phi) is 7.84. The molecule has 1 aromatic heterocycles. The van der Waals surface area contributed by atoms with Gasteiger partial charge in [-0.1, -0.05) is 25.3 Å². The molecule has 3 N–H and O–H groups in total. The Hall–Kier alpha value is -2.68. The number of likely N-dealkylation sites (N-methyl/N-ethyl adjacent to an activating group) is 1. The minimum absolute atomic E-state index is 0.0344. The summed E-state index contributed by atoms with van der Waals surface area (Å²) in [4.78, 5) is 44.5. The van der Waals surface area contributed by atoms with Crippen molar-refractivity contribution in [1.29, 1.82) is 0 Å². The monoisotopic (exact) mass is 431 g/mol. The standard InChI is InChI=1S/C22H33N5O4/c1-4-24-22(30)31-17-13-16-11-8-12-25-19(16)27(17)21(29)18(15-9-6-5-7-10-15)26-20(28)14(2)23-3/h8,11-12,14-15,17-18,23H,4-7,9-10,13H2,1-3H3,(H,24,30)(H,26,28)/t14-,17+,18-/m0/s1. The first-order chi connectivity index (χ1) is 15.0. The number of nitrogens with zero attached hydrogens (tertiary/aromatic N) is 2. The van der Waals surface area contributed by atoms with Crippen molar-refractivity contribution in [2.75, 3.05) is 18.5 Å². The van der Waals surface area contributed by atoms with Gasteiger partial charge in [-0.2, -0.15) is 0 Å². The van der Waals surface area contributed by atoms with Crippen molar-refractivity contribution in [3.05, 3.63) is 23.9 Å². The molecule has 9 nitrogen and oxygen atoms in total. The third-order valence-electron chi connectivity index (χ3n) is 6.09. The lowest BCUT2D eigenvalue weighted by molar-refractivity contribution is -0.131. The number of fused-ring (bicyclic) bond motifs is 1. The van der Waals surface area contributed by atoms with Crippen molar-refractivity contribution in [1.82, 2.24) is 20.9 Å². The van der Waals surface area contributed by atoms with Crippen LogP contribution in [-0.2, 0) is 20.7 Å². The minimum Gasteiger partial charge on any atom is -0.425 e. The number of ether oxygens (including phenoxy) is 1. The summed E-state index contributed by atoms with van der Waals surface area (Å²) >= 11 is 0. The zero-order valence-electron chi connectivity index (χ0n) is 18.5. The fourth-order valence-electron chi connectivity index (χ4n) is 4.28. The van der Waals surface area contributed by atoms with E-state index >= 15 is 0 Å². The van der Waals surface area contributed by atoms with Crippen LogP contribution in [0.2, 0.25) is 0 Å². The van der Waals surface area contributed by atoms with Crippen LogP contribution in [0.4, 0.5) is 10.6 Å². The van der Waals surface area contributed by atoms with Crippen molar-refractivity contribution in [3.8, 4) is 0 Å². The first-order valence-electron chi connectivity index (χ1n) is 11.1. The lowest BCUT2D eigenvalue weighted by atomic mass is 9.83. The highest BCUT2D eigenvalue weighted by Crippen LogP contribution is 2.34. The van der Waals surface area contributed by atoms with E-state index in [2.05, 4.69) is 20.9 Å². The molecule has 3 atom stereocenters. The zero-order valence-corrected chi connectivity index (χ0v) is 18.5. The Morgan fingerprint density at radius 1 is 1.26 bits per heavy atom. The number of alkyl carbamates (subject to hydrolysis) is 1. The first-order valence-corrected chi connectivity index (χ1v) is 11.1.